The molecule has 0 saturated heterocycles. The van der Waals surface area contributed by atoms with Crippen molar-refractivity contribution in [3.05, 3.63) is 12.2 Å². The minimum atomic E-state index is -0.00146. The van der Waals surface area contributed by atoms with Gasteiger partial charge >= 0.3 is 0 Å². The number of hydrogen-bond donors (Lipinski definition) is 0. The molecule has 3 unspecified atom stereocenters. The zero-order valence-corrected chi connectivity index (χ0v) is 11.2. The molecule has 0 N–H and O–H groups in total. The van der Waals surface area contributed by atoms with Gasteiger partial charge in [-0.15, -0.1) is 0 Å². The van der Waals surface area contributed by atoms with Crippen LogP contribution in [0.5, 0.6) is 0 Å². The van der Waals surface area contributed by atoms with Crippen LogP contribution in [0.4, 0.5) is 0 Å². The molecule has 0 aromatic carbocycles. The molecule has 0 amide bonds. The normalized spacial score (nSPS) is 34.9. The fraction of sp³-hybridized carbons (Fsp3) is 0.786. The van der Waals surface area contributed by atoms with Gasteiger partial charge in [0.05, 0.1) is 19.3 Å². The van der Waals surface area contributed by atoms with Crippen molar-refractivity contribution in [2.24, 2.45) is 11.3 Å². The Labute approximate surface area is 108 Å². The molecule has 2 rings (SSSR count). The number of carbonyl (C=O) groups is 1. The van der Waals surface area contributed by atoms with Crippen LogP contribution in [0.1, 0.15) is 26.2 Å². The summed E-state index contributed by atoms with van der Waals surface area (Å²) in [5.74, 6) is 0.674. The van der Waals surface area contributed by atoms with Crippen LogP contribution < -0.4 is 0 Å². The van der Waals surface area contributed by atoms with Crippen molar-refractivity contribution >= 4 is 5.78 Å². The highest BCUT2D eigenvalue weighted by atomic mass is 16.7. The quantitative estimate of drug-likeness (QED) is 0.537. The summed E-state index contributed by atoms with van der Waals surface area (Å²) in [6.45, 7) is 3.63. The lowest BCUT2D eigenvalue weighted by molar-refractivity contribution is -0.125. The molecular weight excluding hydrogens is 232 g/mol. The molecule has 4 heteroatoms. The molecule has 1 fully saturated rings. The smallest absolute Gasteiger partial charge is 0.155 e. The summed E-state index contributed by atoms with van der Waals surface area (Å²) >= 11 is 0. The number of hydrogen-bond acceptors (Lipinski definition) is 4. The van der Waals surface area contributed by atoms with Gasteiger partial charge in [0, 0.05) is 18.9 Å². The molecule has 0 aliphatic heterocycles. The zero-order valence-electron chi connectivity index (χ0n) is 11.2. The first-order chi connectivity index (χ1) is 8.66. The monoisotopic (exact) mass is 254 g/mol. The molecule has 1 saturated carbocycles. The van der Waals surface area contributed by atoms with Crippen LogP contribution in [0.2, 0.25) is 0 Å². The SMILES string of the molecule is COCCOCOC1CCC2CC(=O)C=CC21C. The van der Waals surface area contributed by atoms with Gasteiger partial charge in [0.1, 0.15) is 6.79 Å². The largest absolute Gasteiger partial charge is 0.382 e. The molecule has 0 radical (unpaired) electrons. The van der Waals surface area contributed by atoms with Crippen LogP contribution in [0.25, 0.3) is 0 Å². The number of rotatable bonds is 6. The highest BCUT2D eigenvalue weighted by Gasteiger charge is 2.47. The predicted octanol–water partition coefficient (Wildman–Crippen LogP) is 1.94. The van der Waals surface area contributed by atoms with Gasteiger partial charge in [-0.3, -0.25) is 4.79 Å². The van der Waals surface area contributed by atoms with Crippen LogP contribution in [0.15, 0.2) is 12.2 Å². The molecule has 4 nitrogen and oxygen atoms in total. The predicted molar refractivity (Wildman–Crippen MR) is 67.2 cm³/mol. The van der Waals surface area contributed by atoms with E-state index in [1.165, 1.54) is 0 Å². The molecule has 0 bridgehead atoms. The first-order valence-corrected chi connectivity index (χ1v) is 6.57. The van der Waals surface area contributed by atoms with E-state index in [0.29, 0.717) is 32.3 Å². The van der Waals surface area contributed by atoms with Crippen molar-refractivity contribution in [1.82, 2.24) is 0 Å². The van der Waals surface area contributed by atoms with Crippen molar-refractivity contribution in [1.29, 1.82) is 0 Å². The average Bonchev–Trinajstić information content (AvgIpc) is 2.67. The Morgan fingerprint density at radius 3 is 3.00 bits per heavy atom. The van der Waals surface area contributed by atoms with Crippen LogP contribution in [-0.2, 0) is 19.0 Å². The third kappa shape index (κ3) is 2.82. The van der Waals surface area contributed by atoms with Gasteiger partial charge in [0.25, 0.3) is 0 Å². The van der Waals surface area contributed by atoms with Gasteiger partial charge in [-0.2, -0.15) is 0 Å². The minimum Gasteiger partial charge on any atom is -0.382 e. The van der Waals surface area contributed by atoms with E-state index in [1.807, 2.05) is 6.08 Å². The summed E-state index contributed by atoms with van der Waals surface area (Å²) < 4.78 is 16.1. The first-order valence-electron chi connectivity index (χ1n) is 6.57. The van der Waals surface area contributed by atoms with E-state index in [9.17, 15) is 4.79 Å². The Kier molecular flexibility index (Phi) is 4.54. The summed E-state index contributed by atoms with van der Waals surface area (Å²) in [5.41, 5.74) is -0.00146. The Morgan fingerprint density at radius 2 is 2.22 bits per heavy atom. The second-order valence-electron chi connectivity index (χ2n) is 5.32. The van der Waals surface area contributed by atoms with Crippen molar-refractivity contribution in [2.75, 3.05) is 27.1 Å². The van der Waals surface area contributed by atoms with E-state index in [0.717, 1.165) is 12.8 Å². The molecule has 0 aromatic rings. The molecule has 0 spiro atoms. The van der Waals surface area contributed by atoms with E-state index < -0.39 is 0 Å². The van der Waals surface area contributed by atoms with Crippen molar-refractivity contribution in [3.63, 3.8) is 0 Å². The zero-order chi connectivity index (χ0) is 13.0. The molecule has 2 aliphatic rings. The van der Waals surface area contributed by atoms with Crippen LogP contribution in [0, 0.1) is 11.3 Å². The second-order valence-corrected chi connectivity index (χ2v) is 5.32. The Bertz CT molecular complexity index is 326. The first kappa shape index (κ1) is 13.7. The van der Waals surface area contributed by atoms with E-state index in [4.69, 9.17) is 14.2 Å². The van der Waals surface area contributed by atoms with Crippen molar-refractivity contribution in [2.45, 2.75) is 32.3 Å². The lowest BCUT2D eigenvalue weighted by atomic mass is 9.72. The van der Waals surface area contributed by atoms with Gasteiger partial charge < -0.3 is 14.2 Å². The van der Waals surface area contributed by atoms with Crippen LogP contribution in [0.3, 0.4) is 0 Å². The Balaban J connectivity index is 1.83. The van der Waals surface area contributed by atoms with E-state index in [-0.39, 0.29) is 17.3 Å². The summed E-state index contributed by atoms with van der Waals surface area (Å²) in [4.78, 5) is 11.4. The third-order valence-corrected chi connectivity index (χ3v) is 4.21. The van der Waals surface area contributed by atoms with Crippen LogP contribution >= 0.6 is 0 Å². The molecule has 2 aliphatic carbocycles. The van der Waals surface area contributed by atoms with Gasteiger partial charge in [0.15, 0.2) is 5.78 Å². The minimum absolute atomic E-state index is 0.00146. The maximum Gasteiger partial charge on any atom is 0.155 e. The standard InChI is InChI=1S/C14H22O4/c1-14-6-5-12(15)9-11(14)3-4-13(14)18-10-17-8-7-16-2/h5-6,11,13H,3-4,7-10H2,1-2H3. The fourth-order valence-electron chi connectivity index (χ4n) is 2.98. The van der Waals surface area contributed by atoms with Crippen molar-refractivity contribution < 1.29 is 19.0 Å². The Morgan fingerprint density at radius 1 is 1.39 bits per heavy atom. The van der Waals surface area contributed by atoms with Gasteiger partial charge in [-0.25, -0.2) is 0 Å². The van der Waals surface area contributed by atoms with Gasteiger partial charge in [-0.1, -0.05) is 13.0 Å². The molecule has 102 valence electrons. The summed E-state index contributed by atoms with van der Waals surface area (Å²) in [5, 5.41) is 0. The second kappa shape index (κ2) is 5.95. The summed E-state index contributed by atoms with van der Waals surface area (Å²) in [6.07, 6.45) is 6.65. The lowest BCUT2D eigenvalue weighted by Gasteiger charge is -2.35. The molecular formula is C14H22O4. The summed E-state index contributed by atoms with van der Waals surface area (Å²) in [7, 11) is 1.65. The maximum absolute atomic E-state index is 11.4. The van der Waals surface area contributed by atoms with Crippen LogP contribution in [-0.4, -0.2) is 39.0 Å². The summed E-state index contributed by atoms with van der Waals surface area (Å²) in [6, 6.07) is 0. The number of fused-ring (bicyclic) bond motifs is 1. The van der Waals surface area contributed by atoms with E-state index in [1.54, 1.807) is 13.2 Å². The lowest BCUT2D eigenvalue weighted by Crippen LogP contribution is -2.36. The number of ketones is 1. The molecule has 0 heterocycles. The molecule has 18 heavy (non-hydrogen) atoms. The number of carbonyl (C=O) groups excluding carboxylic acids is 1. The fourth-order valence-corrected chi connectivity index (χ4v) is 2.98. The average molecular weight is 254 g/mol. The molecule has 0 aromatic heterocycles. The highest BCUT2D eigenvalue weighted by Crippen LogP contribution is 2.49. The van der Waals surface area contributed by atoms with E-state index >= 15 is 0 Å². The maximum atomic E-state index is 11.4. The Hall–Kier alpha value is -0.710. The van der Waals surface area contributed by atoms with E-state index in [2.05, 4.69) is 6.92 Å². The topological polar surface area (TPSA) is 44.8 Å². The van der Waals surface area contributed by atoms with Gasteiger partial charge in [0.2, 0.25) is 0 Å². The number of methoxy groups -OCH3 is 1. The highest BCUT2D eigenvalue weighted by molar-refractivity contribution is 5.91. The number of allylic oxidation sites excluding steroid dienone is 1. The number of ether oxygens (including phenoxy) is 3. The third-order valence-electron chi connectivity index (χ3n) is 4.21. The van der Waals surface area contributed by atoms with Gasteiger partial charge in [-0.05, 0) is 24.8 Å². The molecule has 3 atom stereocenters. The van der Waals surface area contributed by atoms with Crippen molar-refractivity contribution in [3.8, 4) is 0 Å².